The van der Waals surface area contributed by atoms with Crippen molar-refractivity contribution in [3.63, 3.8) is 0 Å². The number of methoxy groups -OCH3 is 2. The normalized spacial score (nSPS) is 10.4. The molecule has 0 spiro atoms. The molecule has 3 aromatic rings. The second kappa shape index (κ2) is 7.51. The summed E-state index contributed by atoms with van der Waals surface area (Å²) in [6.45, 7) is 0.149. The fourth-order valence-electron chi connectivity index (χ4n) is 2.25. The molecule has 0 saturated carbocycles. The molecular weight excluding hydrogens is 340 g/mol. The number of benzene rings is 1. The Morgan fingerprint density at radius 3 is 2.65 bits per heavy atom. The van der Waals surface area contributed by atoms with Crippen molar-refractivity contribution < 1.29 is 18.8 Å². The Morgan fingerprint density at radius 2 is 1.96 bits per heavy atom. The lowest BCUT2D eigenvalue weighted by Crippen LogP contribution is -2.25. The monoisotopic (exact) mass is 356 g/mol. The molecule has 0 saturated heterocycles. The summed E-state index contributed by atoms with van der Waals surface area (Å²) in [5.74, 6) is 1.27. The van der Waals surface area contributed by atoms with Gasteiger partial charge in [0.15, 0.2) is 17.3 Å². The molecule has 2 aromatic heterocycles. The van der Waals surface area contributed by atoms with Gasteiger partial charge in [0.05, 0.1) is 20.8 Å². The number of aromatic nitrogens is 3. The topological polar surface area (TPSA) is 119 Å². The third-order valence-corrected chi connectivity index (χ3v) is 3.57. The molecule has 0 aliphatic rings. The maximum absolute atomic E-state index is 12.0. The molecule has 0 fully saturated rings. The third-order valence-electron chi connectivity index (χ3n) is 3.57. The van der Waals surface area contributed by atoms with Crippen LogP contribution in [0.25, 0.3) is 11.3 Å². The molecule has 134 valence electrons. The van der Waals surface area contributed by atoms with E-state index in [4.69, 9.17) is 14.0 Å². The molecule has 2 N–H and O–H groups in total. The fraction of sp³-hybridized carbons (Fsp3) is 0.176. The predicted octanol–water partition coefficient (Wildman–Crippen LogP) is 1.37. The molecule has 9 nitrogen and oxygen atoms in total. The predicted molar refractivity (Wildman–Crippen MR) is 91.1 cm³/mol. The summed E-state index contributed by atoms with van der Waals surface area (Å²) in [6.07, 6.45) is 0. The first-order valence-corrected chi connectivity index (χ1v) is 7.62. The van der Waals surface area contributed by atoms with Gasteiger partial charge in [-0.05, 0) is 24.3 Å². The molecule has 0 bridgehead atoms. The van der Waals surface area contributed by atoms with Crippen molar-refractivity contribution in [2.75, 3.05) is 14.2 Å². The minimum atomic E-state index is -0.433. The third kappa shape index (κ3) is 3.72. The maximum Gasteiger partial charge on any atom is 0.272 e. The van der Waals surface area contributed by atoms with E-state index in [1.54, 1.807) is 32.4 Å². The van der Waals surface area contributed by atoms with Crippen LogP contribution in [-0.4, -0.2) is 35.5 Å². The highest BCUT2D eigenvalue weighted by molar-refractivity contribution is 5.91. The molecule has 0 unspecified atom stereocenters. The number of ether oxygens (including phenoxy) is 2. The standard InChI is InChI=1S/C17H16N4O5/c1-24-13-5-3-10(7-15(13)25-2)14-8-11(21-26-14)9-18-17(23)12-4-6-16(22)20-19-12/h3-8H,9H2,1-2H3,(H,18,23)(H,20,22). The van der Waals surface area contributed by atoms with E-state index in [0.717, 1.165) is 5.56 Å². The molecule has 1 aromatic carbocycles. The van der Waals surface area contributed by atoms with Crippen LogP contribution in [0, 0.1) is 0 Å². The highest BCUT2D eigenvalue weighted by Gasteiger charge is 2.12. The van der Waals surface area contributed by atoms with E-state index in [-0.39, 0.29) is 17.8 Å². The Bertz CT molecular complexity index is 959. The summed E-state index contributed by atoms with van der Waals surface area (Å²) < 4.78 is 15.8. The van der Waals surface area contributed by atoms with Gasteiger partial charge in [0.2, 0.25) is 0 Å². The number of hydrogen-bond donors (Lipinski definition) is 2. The van der Waals surface area contributed by atoms with Crippen molar-refractivity contribution in [1.29, 1.82) is 0 Å². The smallest absolute Gasteiger partial charge is 0.272 e. The van der Waals surface area contributed by atoms with Gasteiger partial charge in [-0.2, -0.15) is 5.10 Å². The first-order chi connectivity index (χ1) is 12.6. The Kier molecular flexibility index (Phi) is 4.97. The van der Waals surface area contributed by atoms with Gasteiger partial charge >= 0.3 is 0 Å². The lowest BCUT2D eigenvalue weighted by Gasteiger charge is -2.07. The van der Waals surface area contributed by atoms with Crippen molar-refractivity contribution in [3.05, 3.63) is 58.1 Å². The van der Waals surface area contributed by atoms with Crippen LogP contribution < -0.4 is 20.3 Å². The molecule has 26 heavy (non-hydrogen) atoms. The number of aromatic amines is 1. The van der Waals surface area contributed by atoms with Gasteiger partial charge in [0, 0.05) is 17.7 Å². The minimum Gasteiger partial charge on any atom is -0.493 e. The lowest BCUT2D eigenvalue weighted by molar-refractivity contribution is 0.0944. The maximum atomic E-state index is 12.0. The van der Waals surface area contributed by atoms with E-state index in [1.165, 1.54) is 12.1 Å². The van der Waals surface area contributed by atoms with Crippen LogP contribution in [0.4, 0.5) is 0 Å². The van der Waals surface area contributed by atoms with Gasteiger partial charge < -0.3 is 19.3 Å². The first kappa shape index (κ1) is 17.2. The van der Waals surface area contributed by atoms with E-state index in [9.17, 15) is 9.59 Å². The van der Waals surface area contributed by atoms with E-state index < -0.39 is 5.91 Å². The molecule has 3 rings (SSSR count). The van der Waals surface area contributed by atoms with Gasteiger partial charge in [-0.25, -0.2) is 5.10 Å². The van der Waals surface area contributed by atoms with Crippen molar-refractivity contribution in [3.8, 4) is 22.8 Å². The molecule has 0 radical (unpaired) electrons. The summed E-state index contributed by atoms with van der Waals surface area (Å²) in [6, 6.07) is 9.63. The molecule has 0 aliphatic heterocycles. The Balaban J connectivity index is 1.69. The zero-order valence-electron chi connectivity index (χ0n) is 14.1. The van der Waals surface area contributed by atoms with Crippen LogP contribution in [0.3, 0.4) is 0 Å². The summed E-state index contributed by atoms with van der Waals surface area (Å²) in [7, 11) is 3.11. The van der Waals surface area contributed by atoms with Crippen LogP contribution in [0.1, 0.15) is 16.2 Å². The van der Waals surface area contributed by atoms with Crippen LogP contribution in [0.5, 0.6) is 11.5 Å². The SMILES string of the molecule is COc1ccc(-c2cc(CNC(=O)c3ccc(=O)[nH]n3)no2)cc1OC. The summed E-state index contributed by atoms with van der Waals surface area (Å²) in [4.78, 5) is 22.9. The number of hydrogen-bond acceptors (Lipinski definition) is 7. The molecule has 1 amide bonds. The van der Waals surface area contributed by atoms with Crippen molar-refractivity contribution in [2.45, 2.75) is 6.54 Å². The number of H-pyrrole nitrogens is 1. The van der Waals surface area contributed by atoms with E-state index >= 15 is 0 Å². The number of nitrogens with one attached hydrogen (secondary N) is 2. The Morgan fingerprint density at radius 1 is 1.15 bits per heavy atom. The van der Waals surface area contributed by atoms with Crippen LogP contribution in [0.15, 0.2) is 45.7 Å². The van der Waals surface area contributed by atoms with Crippen molar-refractivity contribution >= 4 is 5.91 Å². The average molecular weight is 356 g/mol. The first-order valence-electron chi connectivity index (χ1n) is 7.62. The average Bonchev–Trinajstić information content (AvgIpc) is 3.15. The van der Waals surface area contributed by atoms with Gasteiger partial charge in [-0.1, -0.05) is 5.16 Å². The zero-order valence-corrected chi connectivity index (χ0v) is 14.1. The summed E-state index contributed by atoms with van der Waals surface area (Å²) in [5.41, 5.74) is 1.02. The summed E-state index contributed by atoms with van der Waals surface area (Å²) >= 11 is 0. The van der Waals surface area contributed by atoms with Gasteiger partial charge in [0.25, 0.3) is 11.5 Å². The number of rotatable bonds is 6. The highest BCUT2D eigenvalue weighted by Crippen LogP contribution is 2.32. The van der Waals surface area contributed by atoms with Crippen LogP contribution in [0.2, 0.25) is 0 Å². The van der Waals surface area contributed by atoms with Crippen molar-refractivity contribution in [2.24, 2.45) is 0 Å². The zero-order chi connectivity index (χ0) is 18.5. The molecule has 0 atom stereocenters. The van der Waals surface area contributed by atoms with Crippen molar-refractivity contribution in [1.82, 2.24) is 20.7 Å². The van der Waals surface area contributed by atoms with Crippen LogP contribution >= 0.6 is 0 Å². The molecule has 2 heterocycles. The van der Waals surface area contributed by atoms with E-state index in [1.807, 2.05) is 6.07 Å². The summed E-state index contributed by atoms with van der Waals surface area (Å²) in [5, 5.41) is 12.4. The highest BCUT2D eigenvalue weighted by atomic mass is 16.5. The number of amides is 1. The Hall–Kier alpha value is -3.62. The number of carbonyl (C=O) groups is 1. The van der Waals surface area contributed by atoms with Gasteiger partial charge in [-0.3, -0.25) is 9.59 Å². The van der Waals surface area contributed by atoms with E-state index in [2.05, 4.69) is 20.7 Å². The number of nitrogens with zero attached hydrogens (tertiary/aromatic N) is 2. The minimum absolute atomic E-state index is 0.105. The quantitative estimate of drug-likeness (QED) is 0.684. The largest absolute Gasteiger partial charge is 0.493 e. The second-order valence-corrected chi connectivity index (χ2v) is 5.24. The Labute approximate surface area is 147 Å². The second-order valence-electron chi connectivity index (χ2n) is 5.24. The van der Waals surface area contributed by atoms with E-state index in [0.29, 0.717) is 23.0 Å². The van der Waals surface area contributed by atoms with Gasteiger partial charge in [0.1, 0.15) is 11.4 Å². The van der Waals surface area contributed by atoms with Crippen LogP contribution in [-0.2, 0) is 6.54 Å². The lowest BCUT2D eigenvalue weighted by atomic mass is 10.1. The molecular formula is C17H16N4O5. The molecule has 9 heteroatoms. The molecule has 0 aliphatic carbocycles. The fourth-order valence-corrected chi connectivity index (χ4v) is 2.25. The van der Waals surface area contributed by atoms with Gasteiger partial charge in [-0.15, -0.1) is 0 Å². The number of carbonyl (C=O) groups excluding carboxylic acids is 1.